The van der Waals surface area contributed by atoms with Crippen LogP contribution >= 0.6 is 0 Å². The van der Waals surface area contributed by atoms with Gasteiger partial charge in [-0.3, -0.25) is 14.5 Å². The first-order valence-corrected chi connectivity index (χ1v) is 11.8. The fourth-order valence-electron chi connectivity index (χ4n) is 3.88. The molecule has 2 N–H and O–H groups in total. The van der Waals surface area contributed by atoms with Gasteiger partial charge in [0.15, 0.2) is 0 Å². The zero-order valence-corrected chi connectivity index (χ0v) is 20.0. The van der Waals surface area contributed by atoms with E-state index in [2.05, 4.69) is 46.7 Å². The molecule has 2 aromatic carbocycles. The van der Waals surface area contributed by atoms with Crippen LogP contribution in [-0.2, 0) is 20.7 Å². The average Bonchev–Trinajstić information content (AvgIpc) is 2.84. The van der Waals surface area contributed by atoms with Gasteiger partial charge in [-0.1, -0.05) is 38.1 Å². The highest BCUT2D eigenvalue weighted by molar-refractivity contribution is 5.92. The Labute approximate surface area is 197 Å². The van der Waals surface area contributed by atoms with Gasteiger partial charge in [0.2, 0.25) is 11.8 Å². The first-order valence-electron chi connectivity index (χ1n) is 11.8. The SMILES string of the molecule is CCc1ccc(C(C)NC(=O)CN(CC)CC(=O)Nc2ccc(N3CCOCC3)cc2)cc1. The third-order valence-corrected chi connectivity index (χ3v) is 5.97. The summed E-state index contributed by atoms with van der Waals surface area (Å²) in [5.74, 6) is -0.224. The maximum Gasteiger partial charge on any atom is 0.238 e. The molecule has 1 aliphatic rings. The number of morpholine rings is 1. The second-order valence-corrected chi connectivity index (χ2v) is 8.38. The zero-order valence-electron chi connectivity index (χ0n) is 20.0. The van der Waals surface area contributed by atoms with Crippen molar-refractivity contribution in [2.75, 3.05) is 56.2 Å². The molecule has 1 atom stereocenters. The van der Waals surface area contributed by atoms with Crippen molar-refractivity contribution in [1.82, 2.24) is 10.2 Å². The number of hydrogen-bond donors (Lipinski definition) is 2. The van der Waals surface area contributed by atoms with E-state index in [9.17, 15) is 9.59 Å². The summed E-state index contributed by atoms with van der Waals surface area (Å²) in [7, 11) is 0. The van der Waals surface area contributed by atoms with Crippen molar-refractivity contribution >= 4 is 23.2 Å². The lowest BCUT2D eigenvalue weighted by atomic mass is 10.1. The number of amides is 2. The molecule has 2 amide bonds. The lowest BCUT2D eigenvalue weighted by Gasteiger charge is -2.29. The van der Waals surface area contributed by atoms with E-state index in [1.54, 1.807) is 0 Å². The van der Waals surface area contributed by atoms with Gasteiger partial charge in [0, 0.05) is 24.5 Å². The third-order valence-electron chi connectivity index (χ3n) is 5.97. The molecule has 0 radical (unpaired) electrons. The number of carbonyl (C=O) groups is 2. The van der Waals surface area contributed by atoms with Crippen molar-refractivity contribution in [3.8, 4) is 0 Å². The first kappa shape index (κ1) is 24.7. The Balaban J connectivity index is 1.46. The summed E-state index contributed by atoms with van der Waals surface area (Å²) in [6.45, 7) is 10.2. The zero-order chi connectivity index (χ0) is 23.6. The molecule has 178 valence electrons. The molecule has 1 fully saturated rings. The fraction of sp³-hybridized carbons (Fsp3) is 0.462. The van der Waals surface area contributed by atoms with Crippen molar-refractivity contribution in [3.63, 3.8) is 0 Å². The summed E-state index contributed by atoms with van der Waals surface area (Å²) >= 11 is 0. The highest BCUT2D eigenvalue weighted by Crippen LogP contribution is 2.19. The second-order valence-electron chi connectivity index (χ2n) is 8.38. The molecule has 1 heterocycles. The number of nitrogens with zero attached hydrogens (tertiary/aromatic N) is 2. The third kappa shape index (κ3) is 7.58. The van der Waals surface area contributed by atoms with Gasteiger partial charge in [0.1, 0.15) is 0 Å². The highest BCUT2D eigenvalue weighted by atomic mass is 16.5. The van der Waals surface area contributed by atoms with E-state index >= 15 is 0 Å². The number of hydrogen-bond acceptors (Lipinski definition) is 5. The monoisotopic (exact) mass is 452 g/mol. The number of aryl methyl sites for hydroxylation is 1. The van der Waals surface area contributed by atoms with Crippen LogP contribution in [0.15, 0.2) is 48.5 Å². The van der Waals surface area contributed by atoms with Crippen LogP contribution in [0.3, 0.4) is 0 Å². The van der Waals surface area contributed by atoms with Crippen molar-refractivity contribution in [2.24, 2.45) is 0 Å². The Hall–Kier alpha value is -2.90. The lowest BCUT2D eigenvalue weighted by molar-refractivity contribution is -0.123. The van der Waals surface area contributed by atoms with Crippen LogP contribution in [0.4, 0.5) is 11.4 Å². The van der Waals surface area contributed by atoms with Crippen LogP contribution in [0.2, 0.25) is 0 Å². The summed E-state index contributed by atoms with van der Waals surface area (Å²) in [4.78, 5) is 29.2. The number of anilines is 2. The van der Waals surface area contributed by atoms with Crippen LogP contribution in [-0.4, -0.2) is 62.7 Å². The van der Waals surface area contributed by atoms with Gasteiger partial charge >= 0.3 is 0 Å². The van der Waals surface area contributed by atoms with Crippen LogP contribution < -0.4 is 15.5 Å². The number of benzene rings is 2. The maximum atomic E-state index is 12.5. The summed E-state index contributed by atoms with van der Waals surface area (Å²) in [5, 5.41) is 5.96. The van der Waals surface area contributed by atoms with E-state index in [4.69, 9.17) is 4.74 Å². The molecule has 1 aliphatic heterocycles. The molecule has 0 aliphatic carbocycles. The Morgan fingerprint density at radius 1 is 0.970 bits per heavy atom. The first-order chi connectivity index (χ1) is 16.0. The number of carbonyl (C=O) groups excluding carboxylic acids is 2. The number of likely N-dealkylation sites (N-methyl/N-ethyl adjacent to an activating group) is 1. The molecular weight excluding hydrogens is 416 g/mol. The molecule has 0 saturated carbocycles. The number of nitrogens with one attached hydrogen (secondary N) is 2. The Morgan fingerprint density at radius 2 is 1.61 bits per heavy atom. The lowest BCUT2D eigenvalue weighted by Crippen LogP contribution is -2.41. The minimum absolute atomic E-state index is 0.0825. The fourth-order valence-corrected chi connectivity index (χ4v) is 3.88. The molecule has 2 aromatic rings. The minimum atomic E-state index is -0.132. The van der Waals surface area contributed by atoms with Crippen molar-refractivity contribution in [3.05, 3.63) is 59.7 Å². The van der Waals surface area contributed by atoms with E-state index in [0.717, 1.165) is 49.7 Å². The van der Waals surface area contributed by atoms with Crippen LogP contribution in [0.5, 0.6) is 0 Å². The van der Waals surface area contributed by atoms with Gasteiger partial charge < -0.3 is 20.3 Å². The molecule has 1 unspecified atom stereocenters. The molecule has 33 heavy (non-hydrogen) atoms. The predicted molar refractivity (Wildman–Crippen MR) is 133 cm³/mol. The van der Waals surface area contributed by atoms with Gasteiger partial charge in [-0.2, -0.15) is 0 Å². The smallest absolute Gasteiger partial charge is 0.238 e. The van der Waals surface area contributed by atoms with Crippen molar-refractivity contribution in [1.29, 1.82) is 0 Å². The Bertz CT molecular complexity index is 893. The molecule has 0 aromatic heterocycles. The van der Waals surface area contributed by atoms with E-state index in [0.29, 0.717) is 6.54 Å². The van der Waals surface area contributed by atoms with Crippen molar-refractivity contribution in [2.45, 2.75) is 33.2 Å². The van der Waals surface area contributed by atoms with Gasteiger partial charge in [-0.25, -0.2) is 0 Å². The minimum Gasteiger partial charge on any atom is -0.378 e. The molecule has 3 rings (SSSR count). The van der Waals surface area contributed by atoms with E-state index < -0.39 is 0 Å². The molecular formula is C26H36N4O3. The summed E-state index contributed by atoms with van der Waals surface area (Å²) < 4.78 is 5.39. The van der Waals surface area contributed by atoms with Crippen LogP contribution in [0.1, 0.15) is 37.9 Å². The van der Waals surface area contributed by atoms with Gasteiger partial charge in [0.05, 0.1) is 32.3 Å². The van der Waals surface area contributed by atoms with E-state index in [-0.39, 0.29) is 30.9 Å². The Kier molecular flexibility index (Phi) is 9.27. The highest BCUT2D eigenvalue weighted by Gasteiger charge is 2.16. The molecule has 1 saturated heterocycles. The molecule has 7 nitrogen and oxygen atoms in total. The van der Waals surface area contributed by atoms with Crippen molar-refractivity contribution < 1.29 is 14.3 Å². The molecule has 0 bridgehead atoms. The summed E-state index contributed by atoms with van der Waals surface area (Å²) in [6.07, 6.45) is 0.993. The molecule has 0 spiro atoms. The number of rotatable bonds is 10. The van der Waals surface area contributed by atoms with Gasteiger partial charge in [-0.05, 0) is 55.3 Å². The largest absolute Gasteiger partial charge is 0.378 e. The van der Waals surface area contributed by atoms with Gasteiger partial charge in [0.25, 0.3) is 0 Å². The summed E-state index contributed by atoms with van der Waals surface area (Å²) in [5.41, 5.74) is 4.22. The number of ether oxygens (including phenoxy) is 1. The van der Waals surface area contributed by atoms with Crippen LogP contribution in [0, 0.1) is 0 Å². The second kappa shape index (κ2) is 12.4. The topological polar surface area (TPSA) is 73.9 Å². The standard InChI is InChI=1S/C26H36N4O3/c1-4-21-6-8-22(9-7-21)20(3)27-25(31)18-29(5-2)19-26(32)28-23-10-12-24(13-11-23)30-14-16-33-17-15-30/h6-13,20H,4-5,14-19H2,1-3H3,(H,27,31)(H,28,32). The average molecular weight is 453 g/mol. The Morgan fingerprint density at radius 3 is 2.21 bits per heavy atom. The van der Waals surface area contributed by atoms with E-state index in [1.807, 2.05) is 43.0 Å². The summed E-state index contributed by atoms with van der Waals surface area (Å²) in [6, 6.07) is 16.1. The predicted octanol–water partition coefficient (Wildman–Crippen LogP) is 3.22. The quantitative estimate of drug-likeness (QED) is 0.579. The normalized spacial score (nSPS) is 14.7. The maximum absolute atomic E-state index is 12.5. The van der Waals surface area contributed by atoms with Crippen LogP contribution in [0.25, 0.3) is 0 Å². The van der Waals surface area contributed by atoms with Gasteiger partial charge in [-0.15, -0.1) is 0 Å². The molecule has 7 heteroatoms. The van der Waals surface area contributed by atoms with E-state index in [1.165, 1.54) is 5.56 Å².